The average Bonchev–Trinajstić information content (AvgIpc) is 2.46. The van der Waals surface area contributed by atoms with Crippen molar-refractivity contribution in [2.75, 3.05) is 6.61 Å². The molecular weight excluding hydrogens is 353 g/mol. The molecule has 0 aromatic heterocycles. The number of rotatable bonds is 15. The second kappa shape index (κ2) is 19.8. The molecule has 0 saturated carbocycles. The molecule has 0 aliphatic rings. The van der Waals surface area contributed by atoms with E-state index in [4.69, 9.17) is 5.11 Å². The molecule has 0 aromatic carbocycles. The summed E-state index contributed by atoms with van der Waals surface area (Å²) < 4.78 is 14.9. The quantitative estimate of drug-likeness (QED) is 0.169. The standard InChI is InChI=1S/C15H33O6P.2Na/c1-2-3-4-5-6-7-8-9-10-11-12-15(14(17)13-16)21-22(18,19)20;;/h14-17H,2-13H2,1H3,(H2,18,19,20);;/q;2*+1/p-2. The molecule has 2 atom stereocenters. The van der Waals surface area contributed by atoms with E-state index in [1.54, 1.807) is 0 Å². The van der Waals surface area contributed by atoms with E-state index < -0.39 is 26.6 Å². The summed E-state index contributed by atoms with van der Waals surface area (Å²) in [5.41, 5.74) is 0. The topological polar surface area (TPSA) is 113 Å². The van der Waals surface area contributed by atoms with Gasteiger partial charge in [0.15, 0.2) is 0 Å². The van der Waals surface area contributed by atoms with Crippen molar-refractivity contribution in [1.29, 1.82) is 0 Å². The summed E-state index contributed by atoms with van der Waals surface area (Å²) in [7, 11) is -5.14. The van der Waals surface area contributed by atoms with Crippen LogP contribution in [-0.4, -0.2) is 29.0 Å². The van der Waals surface area contributed by atoms with E-state index in [-0.39, 0.29) is 65.5 Å². The molecule has 24 heavy (non-hydrogen) atoms. The molecule has 2 unspecified atom stereocenters. The Balaban J connectivity index is -0.00000220. The van der Waals surface area contributed by atoms with Crippen LogP contribution >= 0.6 is 7.82 Å². The van der Waals surface area contributed by atoms with E-state index in [1.807, 2.05) is 0 Å². The maximum Gasteiger partial charge on any atom is 1.00 e. The maximum atomic E-state index is 10.6. The first-order valence-corrected chi connectivity index (χ1v) is 9.86. The first-order chi connectivity index (χ1) is 10.4. The summed E-state index contributed by atoms with van der Waals surface area (Å²) in [6, 6.07) is 0. The number of phosphoric ester groups is 1. The zero-order valence-corrected chi connectivity index (χ0v) is 20.5. The molecule has 0 amide bonds. The fourth-order valence-corrected chi connectivity index (χ4v) is 3.01. The summed E-state index contributed by atoms with van der Waals surface area (Å²) >= 11 is 0. The van der Waals surface area contributed by atoms with E-state index >= 15 is 0 Å². The van der Waals surface area contributed by atoms with Gasteiger partial charge in [-0.25, -0.2) is 0 Å². The third kappa shape index (κ3) is 20.3. The predicted molar refractivity (Wildman–Crippen MR) is 82.0 cm³/mol. The predicted octanol–water partition coefficient (Wildman–Crippen LogP) is -4.13. The van der Waals surface area contributed by atoms with Crippen molar-refractivity contribution in [3.8, 4) is 0 Å². The van der Waals surface area contributed by atoms with Crippen LogP contribution in [0.4, 0.5) is 0 Å². The molecule has 6 nitrogen and oxygen atoms in total. The number of hydrogen-bond donors (Lipinski definition) is 2. The van der Waals surface area contributed by atoms with Crippen LogP contribution in [0.25, 0.3) is 0 Å². The van der Waals surface area contributed by atoms with Crippen molar-refractivity contribution in [3.05, 3.63) is 0 Å². The van der Waals surface area contributed by atoms with Crippen LogP contribution in [0.5, 0.6) is 0 Å². The molecule has 134 valence electrons. The van der Waals surface area contributed by atoms with E-state index in [9.17, 15) is 19.5 Å². The monoisotopic (exact) mass is 384 g/mol. The maximum absolute atomic E-state index is 10.6. The first-order valence-electron chi connectivity index (χ1n) is 8.40. The first kappa shape index (κ1) is 30.7. The van der Waals surface area contributed by atoms with Gasteiger partial charge in [-0.15, -0.1) is 0 Å². The summed E-state index contributed by atoms with van der Waals surface area (Å²) in [6.07, 6.45) is 9.14. The van der Waals surface area contributed by atoms with Crippen molar-refractivity contribution >= 4 is 7.82 Å². The largest absolute Gasteiger partial charge is 1.00 e. The normalized spacial score (nSPS) is 13.7. The fraction of sp³-hybridized carbons (Fsp3) is 1.00. The van der Waals surface area contributed by atoms with Gasteiger partial charge in [0.1, 0.15) is 6.10 Å². The van der Waals surface area contributed by atoms with Gasteiger partial charge >= 0.3 is 59.1 Å². The Morgan fingerprint density at radius 3 is 1.71 bits per heavy atom. The van der Waals surface area contributed by atoms with E-state index in [0.29, 0.717) is 6.42 Å². The Labute approximate surface area is 191 Å². The summed E-state index contributed by atoms with van der Waals surface area (Å²) in [5, 5.41) is 18.3. The molecule has 0 radical (unpaired) electrons. The summed E-state index contributed by atoms with van der Waals surface area (Å²) in [6.45, 7) is 1.58. The van der Waals surface area contributed by atoms with Crippen LogP contribution in [0, 0.1) is 0 Å². The van der Waals surface area contributed by atoms with E-state index in [1.165, 1.54) is 38.5 Å². The smallest absolute Gasteiger partial charge is 0.790 e. The van der Waals surface area contributed by atoms with Crippen molar-refractivity contribution in [2.24, 2.45) is 0 Å². The van der Waals surface area contributed by atoms with E-state index in [2.05, 4.69) is 11.4 Å². The SMILES string of the molecule is CCCCCCCCCCCCC(OP(=O)([O-])[O-])C(O)CO.[Na+].[Na+]. The van der Waals surface area contributed by atoms with Crippen LogP contribution in [-0.2, 0) is 9.09 Å². The molecule has 0 bridgehead atoms. The van der Waals surface area contributed by atoms with Gasteiger partial charge in [-0.3, -0.25) is 0 Å². The Hall–Kier alpha value is 2.03. The third-order valence-corrected chi connectivity index (χ3v) is 4.25. The fourth-order valence-electron chi connectivity index (χ4n) is 2.43. The van der Waals surface area contributed by atoms with Gasteiger partial charge in [-0.1, -0.05) is 71.1 Å². The minimum atomic E-state index is -5.14. The number of hydrogen-bond acceptors (Lipinski definition) is 6. The molecule has 0 aromatic rings. The van der Waals surface area contributed by atoms with Gasteiger partial charge in [-0.05, 0) is 6.42 Å². The Kier molecular flexibility index (Phi) is 25.3. The third-order valence-electron chi connectivity index (χ3n) is 3.72. The Morgan fingerprint density at radius 1 is 0.917 bits per heavy atom. The minimum absolute atomic E-state index is 0. The van der Waals surface area contributed by atoms with Gasteiger partial charge in [0, 0.05) is 0 Å². The van der Waals surface area contributed by atoms with Crippen LogP contribution in [0.15, 0.2) is 0 Å². The second-order valence-corrected chi connectivity index (χ2v) is 6.92. The molecule has 0 spiro atoms. The minimum Gasteiger partial charge on any atom is -0.790 e. The van der Waals surface area contributed by atoms with Gasteiger partial charge in [0.2, 0.25) is 0 Å². The zero-order chi connectivity index (χ0) is 16.8. The molecular formula is C15H31Na2O6P. The van der Waals surface area contributed by atoms with Crippen molar-refractivity contribution in [3.63, 3.8) is 0 Å². The second-order valence-electron chi connectivity index (χ2n) is 5.81. The van der Waals surface area contributed by atoms with Gasteiger partial charge in [-0.2, -0.15) is 0 Å². The van der Waals surface area contributed by atoms with Crippen LogP contribution < -0.4 is 68.9 Å². The summed E-state index contributed by atoms with van der Waals surface area (Å²) in [4.78, 5) is 21.2. The van der Waals surface area contributed by atoms with Crippen molar-refractivity contribution in [1.82, 2.24) is 0 Å². The average molecular weight is 384 g/mol. The molecule has 9 heteroatoms. The molecule has 0 saturated heterocycles. The van der Waals surface area contributed by atoms with Gasteiger partial charge in [0.25, 0.3) is 0 Å². The van der Waals surface area contributed by atoms with Crippen molar-refractivity contribution in [2.45, 2.75) is 89.8 Å². The molecule has 0 fully saturated rings. The molecule has 0 heterocycles. The Morgan fingerprint density at radius 2 is 1.33 bits per heavy atom. The van der Waals surface area contributed by atoms with Crippen LogP contribution in [0.2, 0.25) is 0 Å². The van der Waals surface area contributed by atoms with E-state index in [0.717, 1.165) is 19.3 Å². The molecule has 0 rings (SSSR count). The number of aliphatic hydroxyl groups is 2. The van der Waals surface area contributed by atoms with Gasteiger partial charge < -0.3 is 29.1 Å². The number of aliphatic hydroxyl groups excluding tert-OH is 2. The number of unbranched alkanes of at least 4 members (excludes halogenated alkanes) is 9. The molecule has 2 N–H and O–H groups in total. The zero-order valence-electron chi connectivity index (χ0n) is 15.6. The Bertz CT molecular complexity index is 304. The summed E-state index contributed by atoms with van der Waals surface area (Å²) in [5.74, 6) is 0. The van der Waals surface area contributed by atoms with Crippen molar-refractivity contribution < 1.29 is 88.2 Å². The van der Waals surface area contributed by atoms with Crippen LogP contribution in [0.3, 0.4) is 0 Å². The van der Waals surface area contributed by atoms with Gasteiger partial charge in [0.05, 0.1) is 20.5 Å². The van der Waals surface area contributed by atoms with Crippen LogP contribution in [0.1, 0.15) is 77.6 Å². The molecule has 0 aliphatic heterocycles. The molecule has 0 aliphatic carbocycles. The number of phosphoric acid groups is 1.